The van der Waals surface area contributed by atoms with Gasteiger partial charge in [-0.1, -0.05) is 6.07 Å². The molecule has 0 heterocycles. The first kappa shape index (κ1) is 20.1. The number of carbonyl (C=O) groups is 2. The van der Waals surface area contributed by atoms with Crippen molar-refractivity contribution in [1.29, 1.82) is 0 Å². The summed E-state index contributed by atoms with van der Waals surface area (Å²) in [6.45, 7) is 3.93. The zero-order valence-corrected chi connectivity index (χ0v) is 17.3. The third kappa shape index (κ3) is 5.67. The monoisotopic (exact) mass is 481 g/mol. The predicted molar refractivity (Wildman–Crippen MR) is 108 cm³/mol. The van der Waals surface area contributed by atoms with Crippen LogP contribution in [0.3, 0.4) is 0 Å². The lowest BCUT2D eigenvalue weighted by Crippen LogP contribution is -2.24. The Morgan fingerprint density at radius 3 is 2.35 bits per heavy atom. The molecule has 0 radical (unpaired) electrons. The van der Waals surface area contributed by atoms with Gasteiger partial charge in [0.2, 0.25) is 11.8 Å². The van der Waals surface area contributed by atoms with Crippen molar-refractivity contribution >= 4 is 55.6 Å². The molecule has 2 aromatic rings. The molecule has 0 spiro atoms. The fourth-order valence-corrected chi connectivity index (χ4v) is 3.27. The number of phenols is 1. The summed E-state index contributed by atoms with van der Waals surface area (Å²) in [4.78, 5) is 23.7. The molecule has 0 saturated carbocycles. The number of nitrogens with one attached hydrogen (secondary N) is 2. The molecular formula is C18H17Br2N3O3. The van der Waals surface area contributed by atoms with E-state index in [4.69, 9.17) is 0 Å². The predicted octanol–water partition coefficient (Wildman–Crippen LogP) is 4.01. The van der Waals surface area contributed by atoms with E-state index in [2.05, 4.69) is 47.7 Å². The van der Waals surface area contributed by atoms with Crippen molar-refractivity contribution in [2.45, 2.75) is 20.3 Å². The first-order valence-corrected chi connectivity index (χ1v) is 9.22. The van der Waals surface area contributed by atoms with Gasteiger partial charge in [0.15, 0.2) is 0 Å². The van der Waals surface area contributed by atoms with Crippen LogP contribution in [0.25, 0.3) is 0 Å². The number of rotatable bonds is 5. The number of hydrogen-bond acceptors (Lipinski definition) is 4. The largest absolute Gasteiger partial charge is 0.506 e. The van der Waals surface area contributed by atoms with Gasteiger partial charge in [-0.2, -0.15) is 5.10 Å². The summed E-state index contributed by atoms with van der Waals surface area (Å²) in [5.41, 5.74) is 5.78. The van der Waals surface area contributed by atoms with E-state index < -0.39 is 11.8 Å². The van der Waals surface area contributed by atoms with E-state index in [0.717, 1.165) is 11.1 Å². The minimum atomic E-state index is -0.528. The minimum Gasteiger partial charge on any atom is -0.506 e. The smallest absolute Gasteiger partial charge is 0.249 e. The van der Waals surface area contributed by atoms with E-state index in [-0.39, 0.29) is 12.2 Å². The van der Waals surface area contributed by atoms with Crippen LogP contribution in [0.2, 0.25) is 0 Å². The number of hydrogen-bond donors (Lipinski definition) is 3. The minimum absolute atomic E-state index is 0.0780. The van der Waals surface area contributed by atoms with Gasteiger partial charge in [0.25, 0.3) is 0 Å². The molecule has 0 aromatic heterocycles. The molecule has 2 aromatic carbocycles. The first-order chi connectivity index (χ1) is 12.3. The lowest BCUT2D eigenvalue weighted by atomic mass is 10.1. The number of halogens is 2. The number of benzene rings is 2. The summed E-state index contributed by atoms with van der Waals surface area (Å²) >= 11 is 6.42. The van der Waals surface area contributed by atoms with Crippen LogP contribution in [0.4, 0.5) is 5.69 Å². The van der Waals surface area contributed by atoms with Crippen molar-refractivity contribution in [2.75, 3.05) is 5.32 Å². The molecule has 136 valence electrons. The van der Waals surface area contributed by atoms with Crippen LogP contribution < -0.4 is 10.7 Å². The molecule has 0 fully saturated rings. The Morgan fingerprint density at radius 1 is 1.08 bits per heavy atom. The summed E-state index contributed by atoms with van der Waals surface area (Å²) in [6, 6.07) is 8.83. The van der Waals surface area contributed by atoms with Gasteiger partial charge in [0.05, 0.1) is 15.2 Å². The van der Waals surface area contributed by atoms with E-state index in [9.17, 15) is 14.7 Å². The summed E-state index contributed by atoms with van der Waals surface area (Å²) in [7, 11) is 0. The Morgan fingerprint density at radius 2 is 1.73 bits per heavy atom. The lowest BCUT2D eigenvalue weighted by Gasteiger charge is -2.07. The molecule has 8 heteroatoms. The van der Waals surface area contributed by atoms with Crippen molar-refractivity contribution in [1.82, 2.24) is 5.43 Å². The number of carbonyl (C=O) groups excluding carboxylic acids is 2. The molecule has 26 heavy (non-hydrogen) atoms. The lowest BCUT2D eigenvalue weighted by molar-refractivity contribution is -0.126. The van der Waals surface area contributed by atoms with E-state index in [1.54, 1.807) is 18.2 Å². The molecule has 0 atom stereocenters. The van der Waals surface area contributed by atoms with Crippen molar-refractivity contribution in [3.63, 3.8) is 0 Å². The average Bonchev–Trinajstić information content (AvgIpc) is 2.55. The molecular weight excluding hydrogens is 466 g/mol. The molecule has 0 aliphatic carbocycles. The number of hydrazone groups is 1. The van der Waals surface area contributed by atoms with Crippen LogP contribution in [0, 0.1) is 13.8 Å². The Balaban J connectivity index is 1.88. The molecule has 2 rings (SSSR count). The molecule has 3 N–H and O–H groups in total. The van der Waals surface area contributed by atoms with Gasteiger partial charge in [0.1, 0.15) is 12.2 Å². The average molecular weight is 483 g/mol. The normalized spacial score (nSPS) is 10.8. The zero-order valence-electron chi connectivity index (χ0n) is 14.1. The number of aromatic hydroxyl groups is 1. The number of anilines is 1. The van der Waals surface area contributed by atoms with Gasteiger partial charge in [-0.15, -0.1) is 0 Å². The second-order valence-corrected chi connectivity index (χ2v) is 7.36. The number of nitrogens with zero attached hydrogens (tertiary/aromatic N) is 1. The van der Waals surface area contributed by atoms with Crippen molar-refractivity contribution in [3.8, 4) is 5.75 Å². The van der Waals surface area contributed by atoms with Crippen molar-refractivity contribution in [2.24, 2.45) is 5.10 Å². The molecule has 0 unspecified atom stereocenters. The highest BCUT2D eigenvalue weighted by atomic mass is 79.9. The maximum absolute atomic E-state index is 11.9. The number of amides is 2. The van der Waals surface area contributed by atoms with E-state index >= 15 is 0 Å². The SMILES string of the molecule is Cc1ccc(NC(=O)CC(=O)N/N=C/c2cc(Br)c(O)c(Br)c2)cc1C. The van der Waals surface area contributed by atoms with Crippen LogP contribution in [0.1, 0.15) is 23.1 Å². The fourth-order valence-electron chi connectivity index (χ4n) is 2.05. The highest BCUT2D eigenvalue weighted by Crippen LogP contribution is 2.32. The molecule has 2 amide bonds. The second-order valence-electron chi connectivity index (χ2n) is 5.65. The maximum atomic E-state index is 11.9. The Kier molecular flexibility index (Phi) is 6.93. The van der Waals surface area contributed by atoms with Gasteiger partial charge in [0, 0.05) is 5.69 Å². The van der Waals surface area contributed by atoms with Crippen molar-refractivity contribution in [3.05, 3.63) is 56.0 Å². The van der Waals surface area contributed by atoms with Gasteiger partial charge >= 0.3 is 0 Å². The van der Waals surface area contributed by atoms with Crippen LogP contribution in [0.15, 0.2) is 44.4 Å². The Bertz CT molecular complexity index is 859. The van der Waals surface area contributed by atoms with E-state index in [0.29, 0.717) is 20.2 Å². The Labute approximate surface area is 167 Å². The first-order valence-electron chi connectivity index (χ1n) is 7.63. The quantitative estimate of drug-likeness (QED) is 0.341. The van der Waals surface area contributed by atoms with E-state index in [1.807, 2.05) is 26.0 Å². The highest BCUT2D eigenvalue weighted by Gasteiger charge is 2.09. The van der Waals surface area contributed by atoms with Crippen LogP contribution in [-0.2, 0) is 9.59 Å². The van der Waals surface area contributed by atoms with Gasteiger partial charge in [-0.25, -0.2) is 5.43 Å². The fraction of sp³-hybridized carbons (Fsp3) is 0.167. The number of phenolic OH excluding ortho intramolecular Hbond substituents is 1. The molecule has 0 aliphatic rings. The molecule has 0 aliphatic heterocycles. The van der Waals surface area contributed by atoms with Gasteiger partial charge in [-0.05, 0) is 86.7 Å². The highest BCUT2D eigenvalue weighted by molar-refractivity contribution is 9.11. The van der Waals surface area contributed by atoms with E-state index in [1.165, 1.54) is 6.21 Å². The zero-order chi connectivity index (χ0) is 19.3. The maximum Gasteiger partial charge on any atom is 0.249 e. The third-order valence-corrected chi connectivity index (χ3v) is 4.76. The summed E-state index contributed by atoms with van der Waals surface area (Å²) in [5.74, 6) is -0.871. The van der Waals surface area contributed by atoms with Crippen LogP contribution in [0.5, 0.6) is 5.75 Å². The molecule has 6 nitrogen and oxygen atoms in total. The second kappa shape index (κ2) is 8.95. The van der Waals surface area contributed by atoms with Crippen LogP contribution >= 0.6 is 31.9 Å². The van der Waals surface area contributed by atoms with Gasteiger partial charge in [-0.3, -0.25) is 9.59 Å². The molecule has 0 bridgehead atoms. The summed E-state index contributed by atoms with van der Waals surface area (Å²) in [5, 5.41) is 16.1. The molecule has 0 saturated heterocycles. The third-order valence-electron chi connectivity index (χ3n) is 3.55. The van der Waals surface area contributed by atoms with Crippen molar-refractivity contribution < 1.29 is 14.7 Å². The standard InChI is InChI=1S/C18H17Br2N3O3/c1-10-3-4-13(5-11(10)2)22-16(24)8-17(25)23-21-9-12-6-14(19)18(26)15(20)7-12/h3-7,9,26H,8H2,1-2H3,(H,22,24)(H,23,25)/b21-9+. The number of aryl methyl sites for hydroxylation is 2. The topological polar surface area (TPSA) is 90.8 Å². The summed E-state index contributed by atoms with van der Waals surface area (Å²) < 4.78 is 0.986. The van der Waals surface area contributed by atoms with Crippen LogP contribution in [-0.4, -0.2) is 23.1 Å². The van der Waals surface area contributed by atoms with Gasteiger partial charge < -0.3 is 10.4 Å². The summed E-state index contributed by atoms with van der Waals surface area (Å²) in [6.07, 6.45) is 1.07. The Hall–Kier alpha value is -2.19.